The molecule has 21 heavy (non-hydrogen) atoms. The molecule has 0 amide bonds. The molecule has 3 rings (SSSR count). The second-order valence-electron chi connectivity index (χ2n) is 6.96. The lowest BCUT2D eigenvalue weighted by molar-refractivity contribution is 0.641. The van der Waals surface area contributed by atoms with Gasteiger partial charge in [0.15, 0.2) is 5.13 Å². The molecule has 4 heteroatoms. The minimum absolute atomic E-state index is 0.551. The van der Waals surface area contributed by atoms with E-state index in [9.17, 15) is 0 Å². The largest absolute Gasteiger partial charge is 0.345 e. The van der Waals surface area contributed by atoms with E-state index in [1.807, 2.05) is 11.3 Å². The quantitative estimate of drug-likeness (QED) is 0.748. The first-order valence-electron chi connectivity index (χ1n) is 8.66. The maximum absolute atomic E-state index is 5.01. The number of hydrogen-bond acceptors (Lipinski definition) is 4. The van der Waals surface area contributed by atoms with Crippen molar-refractivity contribution in [1.29, 1.82) is 0 Å². The third-order valence-electron chi connectivity index (χ3n) is 4.40. The van der Waals surface area contributed by atoms with Crippen LogP contribution < -0.4 is 10.2 Å². The molecule has 0 radical (unpaired) electrons. The zero-order valence-corrected chi connectivity index (χ0v) is 14.5. The van der Waals surface area contributed by atoms with Crippen molar-refractivity contribution in [2.75, 3.05) is 11.4 Å². The Morgan fingerprint density at radius 1 is 1.29 bits per heavy atom. The minimum atomic E-state index is 0.551. The van der Waals surface area contributed by atoms with E-state index in [0.717, 1.165) is 24.9 Å². The summed E-state index contributed by atoms with van der Waals surface area (Å²) in [4.78, 5) is 9.01. The molecule has 0 aromatic carbocycles. The van der Waals surface area contributed by atoms with Gasteiger partial charge in [-0.2, -0.15) is 0 Å². The van der Waals surface area contributed by atoms with Crippen LogP contribution in [-0.4, -0.2) is 23.6 Å². The van der Waals surface area contributed by atoms with Crippen LogP contribution >= 0.6 is 11.3 Å². The van der Waals surface area contributed by atoms with Crippen LogP contribution in [0.15, 0.2) is 0 Å². The van der Waals surface area contributed by atoms with Crippen LogP contribution in [0.5, 0.6) is 0 Å². The van der Waals surface area contributed by atoms with Crippen molar-refractivity contribution in [2.24, 2.45) is 5.92 Å². The van der Waals surface area contributed by atoms with Gasteiger partial charge in [-0.1, -0.05) is 13.3 Å². The molecule has 1 aromatic heterocycles. The van der Waals surface area contributed by atoms with Crippen LogP contribution in [-0.2, 0) is 13.0 Å². The number of aromatic nitrogens is 1. The Morgan fingerprint density at radius 2 is 2.05 bits per heavy atom. The van der Waals surface area contributed by atoms with Crippen molar-refractivity contribution in [3.05, 3.63) is 10.6 Å². The molecule has 1 N–H and O–H groups in total. The Balaban J connectivity index is 1.73. The van der Waals surface area contributed by atoms with E-state index in [-0.39, 0.29) is 0 Å². The summed E-state index contributed by atoms with van der Waals surface area (Å²) in [5.41, 5.74) is 1.34. The maximum Gasteiger partial charge on any atom is 0.186 e. The normalized spacial score (nSPS) is 18.5. The number of nitrogens with one attached hydrogen (secondary N) is 1. The number of hydrogen-bond donors (Lipinski definition) is 1. The molecule has 2 aliphatic rings. The third kappa shape index (κ3) is 4.19. The molecule has 0 atom stereocenters. The van der Waals surface area contributed by atoms with E-state index < -0.39 is 0 Å². The molecule has 118 valence electrons. The number of anilines is 1. The Labute approximate surface area is 133 Å². The van der Waals surface area contributed by atoms with Gasteiger partial charge >= 0.3 is 0 Å². The Morgan fingerprint density at radius 3 is 2.62 bits per heavy atom. The van der Waals surface area contributed by atoms with Crippen LogP contribution in [0.4, 0.5) is 5.13 Å². The van der Waals surface area contributed by atoms with Crippen LogP contribution in [0.1, 0.15) is 63.4 Å². The summed E-state index contributed by atoms with van der Waals surface area (Å²) in [7, 11) is 0. The summed E-state index contributed by atoms with van der Waals surface area (Å²) >= 11 is 1.93. The average molecular weight is 308 g/mol. The molecular formula is C17H29N3S. The summed E-state index contributed by atoms with van der Waals surface area (Å²) in [6.45, 7) is 9.07. The lowest BCUT2D eigenvalue weighted by atomic mass is 10.2. The SMILES string of the molecule is CCCc1nc(N(CC2CC2)C(C)C)sc1CNC1CC1. The highest BCUT2D eigenvalue weighted by Crippen LogP contribution is 2.35. The standard InChI is InChI=1S/C17H29N3S/c1-4-5-15-16(10-18-14-8-9-14)21-17(19-15)20(12(2)3)11-13-6-7-13/h12-14,18H,4-11H2,1-3H3. The first kappa shape index (κ1) is 15.3. The zero-order valence-electron chi connectivity index (χ0n) is 13.7. The summed E-state index contributed by atoms with van der Waals surface area (Å²) in [5.74, 6) is 0.916. The van der Waals surface area contributed by atoms with Gasteiger partial charge in [0, 0.05) is 30.1 Å². The van der Waals surface area contributed by atoms with Gasteiger partial charge in [0.05, 0.1) is 5.69 Å². The second-order valence-corrected chi connectivity index (χ2v) is 8.02. The van der Waals surface area contributed by atoms with E-state index in [1.165, 1.54) is 54.4 Å². The number of nitrogens with zero attached hydrogens (tertiary/aromatic N) is 2. The maximum atomic E-state index is 5.01. The fourth-order valence-electron chi connectivity index (χ4n) is 2.68. The van der Waals surface area contributed by atoms with Crippen LogP contribution in [0.3, 0.4) is 0 Å². The lowest BCUT2D eigenvalue weighted by Gasteiger charge is -2.26. The predicted molar refractivity (Wildman–Crippen MR) is 91.2 cm³/mol. The summed E-state index contributed by atoms with van der Waals surface area (Å²) in [5, 5.41) is 4.92. The Kier molecular flexibility index (Phi) is 4.85. The minimum Gasteiger partial charge on any atom is -0.345 e. The van der Waals surface area contributed by atoms with Crippen molar-refractivity contribution in [3.8, 4) is 0 Å². The van der Waals surface area contributed by atoms with E-state index >= 15 is 0 Å². The summed E-state index contributed by atoms with van der Waals surface area (Å²) in [6, 6.07) is 1.33. The highest BCUT2D eigenvalue weighted by atomic mass is 32.1. The summed E-state index contributed by atoms with van der Waals surface area (Å²) < 4.78 is 0. The first-order chi connectivity index (χ1) is 10.2. The molecular weight excluding hydrogens is 278 g/mol. The lowest BCUT2D eigenvalue weighted by Crippen LogP contribution is -2.32. The first-order valence-corrected chi connectivity index (χ1v) is 9.47. The topological polar surface area (TPSA) is 28.2 Å². The highest BCUT2D eigenvalue weighted by molar-refractivity contribution is 7.15. The van der Waals surface area contributed by atoms with E-state index in [4.69, 9.17) is 4.98 Å². The molecule has 0 bridgehead atoms. The van der Waals surface area contributed by atoms with E-state index in [1.54, 1.807) is 0 Å². The average Bonchev–Trinajstić information content (AvgIpc) is 3.35. The highest BCUT2D eigenvalue weighted by Gasteiger charge is 2.28. The monoisotopic (exact) mass is 307 g/mol. The van der Waals surface area contributed by atoms with Crippen molar-refractivity contribution in [1.82, 2.24) is 10.3 Å². The molecule has 0 aliphatic heterocycles. The molecule has 2 saturated carbocycles. The zero-order chi connectivity index (χ0) is 14.8. The van der Waals surface area contributed by atoms with Crippen molar-refractivity contribution < 1.29 is 0 Å². The number of thiazole rings is 1. The van der Waals surface area contributed by atoms with Gasteiger partial charge in [-0.15, -0.1) is 11.3 Å². The van der Waals surface area contributed by atoms with Gasteiger partial charge < -0.3 is 10.2 Å². The molecule has 2 aliphatic carbocycles. The molecule has 3 nitrogen and oxygen atoms in total. The van der Waals surface area contributed by atoms with Crippen molar-refractivity contribution in [2.45, 2.75) is 77.9 Å². The van der Waals surface area contributed by atoms with Crippen LogP contribution in [0.2, 0.25) is 0 Å². The van der Waals surface area contributed by atoms with Crippen molar-refractivity contribution in [3.63, 3.8) is 0 Å². The Hall–Kier alpha value is -0.610. The third-order valence-corrected chi connectivity index (χ3v) is 5.54. The van der Waals surface area contributed by atoms with Crippen LogP contribution in [0, 0.1) is 5.92 Å². The van der Waals surface area contributed by atoms with Gasteiger partial charge in [-0.25, -0.2) is 4.98 Å². The molecule has 1 heterocycles. The molecule has 2 fully saturated rings. The molecule has 0 unspecified atom stereocenters. The van der Waals surface area contributed by atoms with Gasteiger partial charge in [-0.3, -0.25) is 0 Å². The Bertz CT molecular complexity index is 461. The van der Waals surface area contributed by atoms with Gasteiger partial charge in [0.25, 0.3) is 0 Å². The summed E-state index contributed by atoms with van der Waals surface area (Å²) in [6.07, 6.45) is 7.83. The fourth-order valence-corrected chi connectivity index (χ4v) is 3.88. The van der Waals surface area contributed by atoms with Gasteiger partial charge in [0.1, 0.15) is 0 Å². The fraction of sp³-hybridized carbons (Fsp3) is 0.824. The molecule has 0 saturated heterocycles. The molecule has 1 aromatic rings. The molecule has 0 spiro atoms. The number of rotatable bonds is 9. The van der Waals surface area contributed by atoms with E-state index in [0.29, 0.717) is 6.04 Å². The van der Waals surface area contributed by atoms with Crippen LogP contribution in [0.25, 0.3) is 0 Å². The van der Waals surface area contributed by atoms with Gasteiger partial charge in [0.2, 0.25) is 0 Å². The van der Waals surface area contributed by atoms with Gasteiger partial charge in [-0.05, 0) is 51.9 Å². The predicted octanol–water partition coefficient (Wildman–Crippen LogP) is 3.97. The van der Waals surface area contributed by atoms with E-state index in [2.05, 4.69) is 31.0 Å². The smallest absolute Gasteiger partial charge is 0.186 e. The second kappa shape index (κ2) is 6.66. The number of aryl methyl sites for hydroxylation is 1. The van der Waals surface area contributed by atoms with Crippen molar-refractivity contribution >= 4 is 16.5 Å².